The second-order valence-electron chi connectivity index (χ2n) is 7.02. The summed E-state index contributed by atoms with van der Waals surface area (Å²) in [7, 11) is 3.10. The first-order valence-electron chi connectivity index (χ1n) is 9.39. The third kappa shape index (κ3) is 3.25. The molecule has 0 aliphatic heterocycles. The highest BCUT2D eigenvalue weighted by atomic mass is 35.5. The fraction of sp³-hybridized carbons (Fsp3) is 0.381. The minimum absolute atomic E-state index is 0.189. The van der Waals surface area contributed by atoms with E-state index in [0.717, 1.165) is 23.2 Å². The average molecular weight is 419 g/mol. The fourth-order valence-electron chi connectivity index (χ4n) is 3.91. The molecule has 0 bridgehead atoms. The van der Waals surface area contributed by atoms with E-state index in [2.05, 4.69) is 10.3 Å². The Labute approximate surface area is 173 Å². The Morgan fingerprint density at radius 2 is 1.96 bits per heavy atom. The molecule has 0 saturated heterocycles. The number of ether oxygens (including phenoxy) is 2. The summed E-state index contributed by atoms with van der Waals surface area (Å²) in [6.45, 7) is 1.99. The molecule has 2 N–H and O–H groups in total. The first kappa shape index (κ1) is 19.2. The number of benzene rings is 1. The minimum atomic E-state index is -0.189. The van der Waals surface area contributed by atoms with E-state index in [1.807, 2.05) is 6.92 Å². The molecular formula is C21H23ClN2O3S. The maximum atomic E-state index is 13.2. The molecule has 148 valence electrons. The number of carbonyl (C=O) groups is 1. The molecule has 1 aliphatic rings. The van der Waals surface area contributed by atoms with Gasteiger partial charge in [-0.1, -0.05) is 18.0 Å². The summed E-state index contributed by atoms with van der Waals surface area (Å²) in [6.07, 6.45) is 5.79. The zero-order valence-electron chi connectivity index (χ0n) is 16.2. The average Bonchev–Trinajstić information content (AvgIpc) is 3.06. The van der Waals surface area contributed by atoms with E-state index in [1.54, 1.807) is 30.6 Å². The van der Waals surface area contributed by atoms with Crippen LogP contribution in [0.15, 0.2) is 12.1 Å². The second kappa shape index (κ2) is 7.68. The van der Waals surface area contributed by atoms with E-state index in [4.69, 9.17) is 21.1 Å². The van der Waals surface area contributed by atoms with Crippen molar-refractivity contribution in [3.05, 3.63) is 38.9 Å². The number of rotatable bonds is 4. The lowest BCUT2D eigenvalue weighted by Crippen LogP contribution is -2.14. The number of halogens is 1. The van der Waals surface area contributed by atoms with Gasteiger partial charge < -0.3 is 19.8 Å². The lowest BCUT2D eigenvalue weighted by molar-refractivity contribution is 0.102. The van der Waals surface area contributed by atoms with Crippen LogP contribution in [0.25, 0.3) is 10.2 Å². The molecular weight excluding hydrogens is 396 g/mol. The van der Waals surface area contributed by atoms with Crippen molar-refractivity contribution in [1.29, 1.82) is 0 Å². The zero-order chi connectivity index (χ0) is 19.8. The van der Waals surface area contributed by atoms with Gasteiger partial charge in [0.25, 0.3) is 5.91 Å². The monoisotopic (exact) mass is 418 g/mol. The number of nitrogens with one attached hydrogen (secondary N) is 2. The zero-order valence-corrected chi connectivity index (χ0v) is 17.8. The highest BCUT2D eigenvalue weighted by molar-refractivity contribution is 7.19. The molecule has 2 heterocycles. The second-order valence-corrected chi connectivity index (χ2v) is 8.65. The van der Waals surface area contributed by atoms with Crippen LogP contribution in [-0.4, -0.2) is 25.1 Å². The first-order valence-corrected chi connectivity index (χ1v) is 10.6. The third-order valence-corrected chi connectivity index (χ3v) is 6.76. The molecule has 0 spiro atoms. The Hall–Kier alpha value is -2.18. The number of hydrogen-bond donors (Lipinski definition) is 2. The van der Waals surface area contributed by atoms with Crippen LogP contribution in [0.5, 0.6) is 11.5 Å². The van der Waals surface area contributed by atoms with Gasteiger partial charge in [-0.15, -0.1) is 11.3 Å². The number of carbonyl (C=O) groups excluding carboxylic acids is 1. The van der Waals surface area contributed by atoms with E-state index >= 15 is 0 Å². The van der Waals surface area contributed by atoms with Gasteiger partial charge in [0.05, 0.1) is 35.0 Å². The number of amides is 1. The molecule has 0 saturated carbocycles. The fourth-order valence-corrected chi connectivity index (χ4v) is 5.36. The summed E-state index contributed by atoms with van der Waals surface area (Å²) in [6, 6.07) is 3.36. The van der Waals surface area contributed by atoms with E-state index in [-0.39, 0.29) is 5.91 Å². The largest absolute Gasteiger partial charge is 0.497 e. The summed E-state index contributed by atoms with van der Waals surface area (Å²) >= 11 is 8.07. The van der Waals surface area contributed by atoms with Gasteiger partial charge in [0.15, 0.2) is 0 Å². The van der Waals surface area contributed by atoms with Crippen molar-refractivity contribution < 1.29 is 14.3 Å². The van der Waals surface area contributed by atoms with Crippen LogP contribution in [0.2, 0.25) is 5.02 Å². The standard InChI is InChI=1S/C21H23ClN2O3S/c1-11-17(19-20(28-11)13-7-5-4-6-8-15(13)23-19)21(25)24-18-14(22)9-12(26-2)10-16(18)27-3/h9-10,23H,4-8H2,1-3H3,(H,24,25). The Morgan fingerprint density at radius 1 is 1.18 bits per heavy atom. The van der Waals surface area contributed by atoms with Crippen LogP contribution < -0.4 is 14.8 Å². The summed E-state index contributed by atoms with van der Waals surface area (Å²) in [5.74, 6) is 0.844. The smallest absolute Gasteiger partial charge is 0.259 e. The Morgan fingerprint density at radius 3 is 2.71 bits per heavy atom. The van der Waals surface area contributed by atoms with Gasteiger partial charge in [0.1, 0.15) is 17.2 Å². The molecule has 3 aromatic rings. The number of hydrogen-bond acceptors (Lipinski definition) is 4. The van der Waals surface area contributed by atoms with E-state index < -0.39 is 0 Å². The Balaban J connectivity index is 1.73. The van der Waals surface area contributed by atoms with Crippen LogP contribution in [0.3, 0.4) is 0 Å². The third-order valence-electron chi connectivity index (χ3n) is 5.30. The molecule has 5 nitrogen and oxygen atoms in total. The number of methoxy groups -OCH3 is 2. The molecule has 0 fully saturated rings. The highest BCUT2D eigenvalue weighted by Gasteiger charge is 2.25. The van der Waals surface area contributed by atoms with Crippen molar-refractivity contribution in [2.24, 2.45) is 0 Å². The maximum absolute atomic E-state index is 13.2. The number of thiophene rings is 1. The summed E-state index contributed by atoms with van der Waals surface area (Å²) in [5, 5.41) is 3.32. The molecule has 2 aromatic heterocycles. The molecule has 1 aliphatic carbocycles. The van der Waals surface area contributed by atoms with E-state index in [1.165, 1.54) is 42.3 Å². The number of H-pyrrole nitrogens is 1. The van der Waals surface area contributed by atoms with Gasteiger partial charge in [-0.2, -0.15) is 0 Å². The van der Waals surface area contributed by atoms with Crippen molar-refractivity contribution >= 4 is 44.7 Å². The molecule has 7 heteroatoms. The maximum Gasteiger partial charge on any atom is 0.259 e. The lowest BCUT2D eigenvalue weighted by Gasteiger charge is -2.13. The summed E-state index contributed by atoms with van der Waals surface area (Å²) < 4.78 is 11.8. The predicted octanol–water partition coefficient (Wildman–Crippen LogP) is 5.73. The highest BCUT2D eigenvalue weighted by Crippen LogP contribution is 2.40. The molecule has 4 rings (SSSR count). The van der Waals surface area contributed by atoms with Crippen molar-refractivity contribution in [3.63, 3.8) is 0 Å². The normalized spacial score (nSPS) is 13.9. The molecule has 0 unspecified atom stereocenters. The number of fused-ring (bicyclic) bond motifs is 3. The number of aromatic nitrogens is 1. The predicted molar refractivity (Wildman–Crippen MR) is 115 cm³/mol. The molecule has 0 atom stereocenters. The topological polar surface area (TPSA) is 63.3 Å². The van der Waals surface area contributed by atoms with Crippen LogP contribution in [0.4, 0.5) is 5.69 Å². The quantitative estimate of drug-likeness (QED) is 0.532. The lowest BCUT2D eigenvalue weighted by atomic mass is 10.1. The molecule has 1 aromatic carbocycles. The van der Waals surface area contributed by atoms with E-state index in [9.17, 15) is 4.79 Å². The number of aromatic amines is 1. The molecule has 28 heavy (non-hydrogen) atoms. The van der Waals surface area contributed by atoms with Crippen LogP contribution in [0, 0.1) is 6.92 Å². The van der Waals surface area contributed by atoms with Crippen molar-refractivity contribution in [2.75, 3.05) is 19.5 Å². The van der Waals surface area contributed by atoms with Gasteiger partial charge in [-0.05, 0) is 38.2 Å². The summed E-state index contributed by atoms with van der Waals surface area (Å²) in [5.41, 5.74) is 4.74. The Kier molecular flexibility index (Phi) is 5.25. The van der Waals surface area contributed by atoms with Crippen molar-refractivity contribution in [2.45, 2.75) is 39.0 Å². The van der Waals surface area contributed by atoms with Crippen LogP contribution in [-0.2, 0) is 12.8 Å². The Bertz CT molecular complexity index is 1050. The first-order chi connectivity index (χ1) is 13.5. The SMILES string of the molecule is COc1cc(Cl)c(NC(=O)c2c(C)sc3c4c([nH]c23)CCCCC4)c(OC)c1. The van der Waals surface area contributed by atoms with Crippen molar-refractivity contribution in [3.8, 4) is 11.5 Å². The van der Waals surface area contributed by atoms with Gasteiger partial charge in [0, 0.05) is 22.7 Å². The molecule has 1 amide bonds. The molecule has 0 radical (unpaired) electrons. The van der Waals surface area contributed by atoms with E-state index in [0.29, 0.717) is 27.8 Å². The van der Waals surface area contributed by atoms with Crippen LogP contribution in [0.1, 0.15) is 45.8 Å². The summed E-state index contributed by atoms with van der Waals surface area (Å²) in [4.78, 5) is 17.7. The van der Waals surface area contributed by atoms with Crippen molar-refractivity contribution in [1.82, 2.24) is 4.98 Å². The van der Waals surface area contributed by atoms with Crippen LogP contribution >= 0.6 is 22.9 Å². The van der Waals surface area contributed by atoms with Gasteiger partial charge >= 0.3 is 0 Å². The number of anilines is 1. The number of aryl methyl sites for hydroxylation is 3. The van der Waals surface area contributed by atoms with Gasteiger partial charge in [0.2, 0.25) is 0 Å². The van der Waals surface area contributed by atoms with Gasteiger partial charge in [-0.3, -0.25) is 4.79 Å². The van der Waals surface area contributed by atoms with Gasteiger partial charge in [-0.25, -0.2) is 0 Å². The minimum Gasteiger partial charge on any atom is -0.497 e.